The Morgan fingerprint density at radius 1 is 1.50 bits per heavy atom. The fraction of sp³-hybridized carbons (Fsp3) is 0.300. The third-order valence-corrected chi connectivity index (χ3v) is 2.04. The van der Waals surface area contributed by atoms with Crippen LogP contribution in [0.2, 0.25) is 0 Å². The number of benzene rings is 1. The van der Waals surface area contributed by atoms with Crippen molar-refractivity contribution in [1.29, 1.82) is 0 Å². The number of nitro groups is 1. The van der Waals surface area contributed by atoms with Gasteiger partial charge in [0, 0.05) is 29.6 Å². The van der Waals surface area contributed by atoms with Gasteiger partial charge in [-0.3, -0.25) is 14.9 Å². The highest BCUT2D eigenvalue weighted by molar-refractivity contribution is 6.20. The topological polar surface area (TPSA) is 72.2 Å². The maximum Gasteiger partial charge on any atom is 0.269 e. The zero-order valence-corrected chi connectivity index (χ0v) is 9.40. The number of rotatable bonds is 4. The Bertz CT molecular complexity index is 390. The molecule has 0 aliphatic rings. The number of carbonyl (C=O) groups excluding carboxylic acids is 1. The normalized spacial score (nSPS) is 11.9. The monoisotopic (exact) mass is 242 g/mol. The summed E-state index contributed by atoms with van der Waals surface area (Å²) < 4.78 is 0. The van der Waals surface area contributed by atoms with Gasteiger partial charge in [-0.2, -0.15) is 0 Å². The Labute approximate surface area is 97.6 Å². The van der Waals surface area contributed by atoms with E-state index in [2.05, 4.69) is 5.32 Å². The molecule has 0 aromatic heterocycles. The SMILES string of the molecule is CC(Cl)CNC(=O)c1ccc([N+](=O)[O-])cc1. The molecule has 1 rings (SSSR count). The third-order valence-electron chi connectivity index (χ3n) is 1.88. The quantitative estimate of drug-likeness (QED) is 0.498. The van der Waals surface area contributed by atoms with E-state index in [1.807, 2.05) is 0 Å². The molecule has 1 unspecified atom stereocenters. The van der Waals surface area contributed by atoms with E-state index in [-0.39, 0.29) is 17.0 Å². The number of nitro benzene ring substituents is 1. The van der Waals surface area contributed by atoms with E-state index in [0.717, 1.165) is 0 Å². The van der Waals surface area contributed by atoms with E-state index in [9.17, 15) is 14.9 Å². The Hall–Kier alpha value is -1.62. The molecular formula is C10H11ClN2O3. The Kier molecular flexibility index (Phi) is 4.25. The molecule has 0 saturated carbocycles. The standard InChI is InChI=1S/C10H11ClN2O3/c1-7(11)6-12-10(14)8-2-4-9(5-3-8)13(15)16/h2-5,7H,6H2,1H3,(H,12,14). The molecule has 0 spiro atoms. The van der Waals surface area contributed by atoms with Crippen LogP contribution in [-0.4, -0.2) is 22.8 Å². The molecule has 1 aromatic rings. The largest absolute Gasteiger partial charge is 0.351 e. The van der Waals surface area contributed by atoms with E-state index in [1.165, 1.54) is 24.3 Å². The first-order valence-corrected chi connectivity index (χ1v) is 5.11. The summed E-state index contributed by atoms with van der Waals surface area (Å²) in [5.41, 5.74) is 0.338. The van der Waals surface area contributed by atoms with Gasteiger partial charge in [0.2, 0.25) is 0 Å². The van der Waals surface area contributed by atoms with Gasteiger partial charge in [-0.1, -0.05) is 0 Å². The summed E-state index contributed by atoms with van der Waals surface area (Å²) >= 11 is 5.67. The maximum absolute atomic E-state index is 11.5. The van der Waals surface area contributed by atoms with Crippen LogP contribution < -0.4 is 5.32 Å². The van der Waals surface area contributed by atoms with E-state index in [0.29, 0.717) is 12.1 Å². The van der Waals surface area contributed by atoms with Crippen LogP contribution in [0.3, 0.4) is 0 Å². The summed E-state index contributed by atoms with van der Waals surface area (Å²) in [6.45, 7) is 2.12. The van der Waals surface area contributed by atoms with Gasteiger partial charge >= 0.3 is 0 Å². The summed E-state index contributed by atoms with van der Waals surface area (Å²) in [5, 5.41) is 12.8. The van der Waals surface area contributed by atoms with Crippen molar-refractivity contribution < 1.29 is 9.72 Å². The second-order valence-electron chi connectivity index (χ2n) is 3.29. The van der Waals surface area contributed by atoms with Crippen LogP contribution in [0.5, 0.6) is 0 Å². The molecule has 6 heteroatoms. The molecule has 1 N–H and O–H groups in total. The van der Waals surface area contributed by atoms with Crippen molar-refractivity contribution in [2.75, 3.05) is 6.54 Å². The Balaban J connectivity index is 2.67. The lowest BCUT2D eigenvalue weighted by atomic mass is 10.2. The lowest BCUT2D eigenvalue weighted by molar-refractivity contribution is -0.384. The summed E-state index contributed by atoms with van der Waals surface area (Å²) in [5.74, 6) is -0.289. The molecule has 16 heavy (non-hydrogen) atoms. The van der Waals surface area contributed by atoms with Crippen LogP contribution in [0.25, 0.3) is 0 Å². The molecular weight excluding hydrogens is 232 g/mol. The van der Waals surface area contributed by atoms with Crippen molar-refractivity contribution >= 4 is 23.2 Å². The van der Waals surface area contributed by atoms with Crippen molar-refractivity contribution in [3.8, 4) is 0 Å². The van der Waals surface area contributed by atoms with Gasteiger partial charge in [0.25, 0.3) is 11.6 Å². The first-order chi connectivity index (χ1) is 7.50. The fourth-order valence-corrected chi connectivity index (χ4v) is 1.15. The molecule has 5 nitrogen and oxygen atoms in total. The van der Waals surface area contributed by atoms with Gasteiger partial charge in [-0.05, 0) is 19.1 Å². The number of halogens is 1. The molecule has 86 valence electrons. The first kappa shape index (κ1) is 12.4. The summed E-state index contributed by atoms with van der Waals surface area (Å²) in [6.07, 6.45) is 0. The molecule has 0 saturated heterocycles. The number of carbonyl (C=O) groups is 1. The molecule has 1 amide bonds. The maximum atomic E-state index is 11.5. The zero-order chi connectivity index (χ0) is 12.1. The van der Waals surface area contributed by atoms with Crippen molar-refractivity contribution in [1.82, 2.24) is 5.32 Å². The highest BCUT2D eigenvalue weighted by atomic mass is 35.5. The molecule has 1 atom stereocenters. The summed E-state index contributed by atoms with van der Waals surface area (Å²) in [6, 6.07) is 5.40. The van der Waals surface area contributed by atoms with Gasteiger partial charge in [-0.15, -0.1) is 11.6 Å². The summed E-state index contributed by atoms with van der Waals surface area (Å²) in [7, 11) is 0. The molecule has 0 aliphatic heterocycles. The van der Waals surface area contributed by atoms with Crippen molar-refractivity contribution in [3.63, 3.8) is 0 Å². The molecule has 0 heterocycles. The highest BCUT2D eigenvalue weighted by Gasteiger charge is 2.09. The van der Waals surface area contributed by atoms with Crippen LogP contribution in [-0.2, 0) is 0 Å². The van der Waals surface area contributed by atoms with Gasteiger partial charge in [0.15, 0.2) is 0 Å². The molecule has 0 radical (unpaired) electrons. The van der Waals surface area contributed by atoms with E-state index >= 15 is 0 Å². The van der Waals surface area contributed by atoms with Gasteiger partial charge in [0.05, 0.1) is 4.92 Å². The number of hydrogen-bond donors (Lipinski definition) is 1. The second kappa shape index (κ2) is 5.46. The van der Waals surface area contributed by atoms with Crippen molar-refractivity contribution in [2.24, 2.45) is 0 Å². The molecule has 0 bridgehead atoms. The van der Waals surface area contributed by atoms with Crippen LogP contribution in [0.1, 0.15) is 17.3 Å². The minimum atomic E-state index is -0.511. The average Bonchev–Trinajstić information content (AvgIpc) is 2.26. The molecule has 0 aliphatic carbocycles. The Morgan fingerprint density at radius 3 is 2.50 bits per heavy atom. The van der Waals surface area contributed by atoms with E-state index < -0.39 is 4.92 Å². The van der Waals surface area contributed by atoms with E-state index in [4.69, 9.17) is 11.6 Å². The van der Waals surface area contributed by atoms with Crippen LogP contribution in [0, 0.1) is 10.1 Å². The Morgan fingerprint density at radius 2 is 2.06 bits per heavy atom. The van der Waals surface area contributed by atoms with Gasteiger partial charge < -0.3 is 5.32 Å². The first-order valence-electron chi connectivity index (χ1n) is 4.67. The van der Waals surface area contributed by atoms with E-state index in [1.54, 1.807) is 6.92 Å². The number of hydrogen-bond acceptors (Lipinski definition) is 3. The van der Waals surface area contributed by atoms with Crippen molar-refractivity contribution in [3.05, 3.63) is 39.9 Å². The van der Waals surface area contributed by atoms with Crippen LogP contribution in [0.15, 0.2) is 24.3 Å². The average molecular weight is 243 g/mol. The number of nitrogens with zero attached hydrogens (tertiary/aromatic N) is 1. The van der Waals surface area contributed by atoms with Crippen LogP contribution >= 0.6 is 11.6 Å². The van der Waals surface area contributed by atoms with Gasteiger partial charge in [0.1, 0.15) is 0 Å². The zero-order valence-electron chi connectivity index (χ0n) is 8.64. The number of nitrogens with one attached hydrogen (secondary N) is 1. The predicted octanol–water partition coefficient (Wildman–Crippen LogP) is 1.95. The lowest BCUT2D eigenvalue weighted by Crippen LogP contribution is -2.28. The fourth-order valence-electron chi connectivity index (χ4n) is 1.07. The second-order valence-corrected chi connectivity index (χ2v) is 4.04. The predicted molar refractivity (Wildman–Crippen MR) is 60.7 cm³/mol. The highest BCUT2D eigenvalue weighted by Crippen LogP contribution is 2.11. The number of alkyl halides is 1. The summed E-state index contributed by atoms with van der Waals surface area (Å²) in [4.78, 5) is 21.4. The van der Waals surface area contributed by atoms with Crippen LogP contribution in [0.4, 0.5) is 5.69 Å². The number of amides is 1. The molecule has 1 aromatic carbocycles. The minimum absolute atomic E-state index is 0.0396. The lowest BCUT2D eigenvalue weighted by Gasteiger charge is -2.05. The third kappa shape index (κ3) is 3.51. The molecule has 0 fully saturated rings. The van der Waals surface area contributed by atoms with Crippen molar-refractivity contribution in [2.45, 2.75) is 12.3 Å². The smallest absolute Gasteiger partial charge is 0.269 e. The number of non-ortho nitro benzene ring substituents is 1. The van der Waals surface area contributed by atoms with Gasteiger partial charge in [-0.25, -0.2) is 0 Å². The minimum Gasteiger partial charge on any atom is -0.351 e.